The van der Waals surface area contributed by atoms with E-state index in [9.17, 15) is 15.0 Å². The lowest BCUT2D eigenvalue weighted by Gasteiger charge is -2.73. The molecular formula is C30H50O3. The second-order valence-corrected chi connectivity index (χ2v) is 14.9. The Kier molecular flexibility index (Phi) is 5.29. The number of aliphatic carboxylic acids is 1. The van der Waals surface area contributed by atoms with Gasteiger partial charge in [0.05, 0.1) is 11.5 Å². The van der Waals surface area contributed by atoms with E-state index in [1.165, 1.54) is 38.5 Å². The molecule has 188 valence electrons. The molecule has 0 saturated heterocycles. The van der Waals surface area contributed by atoms with E-state index in [0.717, 1.165) is 42.9 Å². The molecule has 0 spiro atoms. The number of aliphatic hydroxyl groups excluding tert-OH is 1. The van der Waals surface area contributed by atoms with E-state index in [1.807, 2.05) is 6.92 Å². The van der Waals surface area contributed by atoms with Crippen molar-refractivity contribution in [2.75, 3.05) is 0 Å². The maximum absolute atomic E-state index is 12.5. The number of rotatable bonds is 1. The Bertz CT molecular complexity index is 823. The van der Waals surface area contributed by atoms with Gasteiger partial charge in [-0.25, -0.2) is 0 Å². The van der Waals surface area contributed by atoms with E-state index >= 15 is 0 Å². The fourth-order valence-electron chi connectivity index (χ4n) is 11.7. The van der Waals surface area contributed by atoms with Crippen molar-refractivity contribution in [1.29, 1.82) is 0 Å². The van der Waals surface area contributed by atoms with Crippen LogP contribution in [0.5, 0.6) is 0 Å². The Balaban J connectivity index is 1.55. The first-order valence-electron chi connectivity index (χ1n) is 14.2. The predicted molar refractivity (Wildman–Crippen MR) is 133 cm³/mol. The van der Waals surface area contributed by atoms with Crippen molar-refractivity contribution < 1.29 is 15.0 Å². The lowest BCUT2D eigenvalue weighted by Crippen LogP contribution is -2.68. The summed E-state index contributed by atoms with van der Waals surface area (Å²) < 4.78 is 0. The summed E-state index contributed by atoms with van der Waals surface area (Å²) in [6.07, 6.45) is 11.1. The van der Waals surface area contributed by atoms with Crippen LogP contribution in [0, 0.1) is 62.6 Å². The van der Waals surface area contributed by atoms with E-state index in [0.29, 0.717) is 23.2 Å². The zero-order valence-corrected chi connectivity index (χ0v) is 22.4. The number of carboxylic acid groups (broad SMARTS) is 1. The third kappa shape index (κ3) is 2.81. The molecule has 5 aliphatic rings. The van der Waals surface area contributed by atoms with E-state index in [4.69, 9.17) is 0 Å². The fraction of sp³-hybridized carbons (Fsp3) is 0.967. The van der Waals surface area contributed by atoms with Crippen molar-refractivity contribution >= 4 is 5.97 Å². The van der Waals surface area contributed by atoms with Gasteiger partial charge in [-0.2, -0.15) is 0 Å². The first-order chi connectivity index (χ1) is 15.3. The molecule has 2 N–H and O–H groups in total. The Labute approximate surface area is 202 Å². The predicted octanol–water partition coefficient (Wildman–Crippen LogP) is 7.17. The van der Waals surface area contributed by atoms with Gasteiger partial charge in [0.15, 0.2) is 0 Å². The van der Waals surface area contributed by atoms with Gasteiger partial charge in [0.2, 0.25) is 0 Å². The van der Waals surface area contributed by atoms with Crippen LogP contribution in [0.1, 0.15) is 113 Å². The summed E-state index contributed by atoms with van der Waals surface area (Å²) in [5.41, 5.74) is 0.126. The Morgan fingerprint density at radius 3 is 2.12 bits per heavy atom. The van der Waals surface area contributed by atoms with Gasteiger partial charge in [0.1, 0.15) is 0 Å². The Morgan fingerprint density at radius 2 is 1.45 bits per heavy atom. The van der Waals surface area contributed by atoms with Crippen LogP contribution >= 0.6 is 0 Å². The van der Waals surface area contributed by atoms with Crippen molar-refractivity contribution in [3.8, 4) is 0 Å². The first kappa shape index (κ1) is 24.1. The van der Waals surface area contributed by atoms with Gasteiger partial charge >= 0.3 is 5.97 Å². The second-order valence-electron chi connectivity index (χ2n) is 14.9. The molecule has 0 aromatic rings. The van der Waals surface area contributed by atoms with E-state index in [1.54, 1.807) is 0 Å². The summed E-state index contributed by atoms with van der Waals surface area (Å²) in [5.74, 6) is 3.13. The fourth-order valence-corrected chi connectivity index (χ4v) is 11.7. The van der Waals surface area contributed by atoms with Crippen LogP contribution in [-0.4, -0.2) is 22.3 Å². The highest BCUT2D eigenvalue weighted by Crippen LogP contribution is 2.77. The van der Waals surface area contributed by atoms with Crippen molar-refractivity contribution in [3.63, 3.8) is 0 Å². The van der Waals surface area contributed by atoms with Gasteiger partial charge in [0, 0.05) is 0 Å². The summed E-state index contributed by atoms with van der Waals surface area (Å²) in [6, 6.07) is 0. The van der Waals surface area contributed by atoms with Gasteiger partial charge in [-0.3, -0.25) is 4.79 Å². The van der Waals surface area contributed by atoms with Crippen LogP contribution in [0.3, 0.4) is 0 Å². The first-order valence-corrected chi connectivity index (χ1v) is 14.2. The van der Waals surface area contributed by atoms with Gasteiger partial charge in [0.25, 0.3) is 0 Å². The molecule has 0 aliphatic heterocycles. The van der Waals surface area contributed by atoms with Gasteiger partial charge < -0.3 is 10.2 Å². The maximum atomic E-state index is 12.5. The van der Waals surface area contributed by atoms with Crippen molar-refractivity contribution in [2.45, 2.75) is 119 Å². The monoisotopic (exact) mass is 458 g/mol. The summed E-state index contributed by atoms with van der Waals surface area (Å²) >= 11 is 0. The average Bonchev–Trinajstić information content (AvgIpc) is 2.75. The van der Waals surface area contributed by atoms with E-state index in [-0.39, 0.29) is 16.7 Å². The molecule has 0 aromatic carbocycles. The van der Waals surface area contributed by atoms with E-state index in [2.05, 4.69) is 41.5 Å². The van der Waals surface area contributed by atoms with Gasteiger partial charge in [-0.1, -0.05) is 41.5 Å². The highest BCUT2D eigenvalue weighted by Gasteiger charge is 2.71. The standard InChI is InChI=1S/C30H50O3/c1-18-10-13-26(3)16-17-28(5)20(24(26)19(18)2)8-9-21-27(4)14-12-23(31)30(7,25(32)33)22(27)11-15-29(21,28)6/h18-24,31H,8-17H2,1-7H3,(H,32,33)/t18-,19+,20-,21-,22?,23?,24+,26-,27-,28-,29-,30?/m1/s1. The molecule has 5 fully saturated rings. The second kappa shape index (κ2) is 7.23. The van der Waals surface area contributed by atoms with Crippen molar-refractivity contribution in [1.82, 2.24) is 0 Å². The van der Waals surface area contributed by atoms with Crippen molar-refractivity contribution in [2.24, 2.45) is 62.6 Å². The number of hydrogen-bond donors (Lipinski definition) is 2. The molecule has 0 bridgehead atoms. The van der Waals surface area contributed by atoms with E-state index < -0.39 is 17.5 Å². The molecule has 3 unspecified atom stereocenters. The molecule has 3 heteroatoms. The normalized spacial score (nSPS) is 60.7. The lowest BCUT2D eigenvalue weighted by molar-refractivity contribution is -0.258. The average molecular weight is 459 g/mol. The minimum absolute atomic E-state index is 0.0135. The Morgan fingerprint density at radius 1 is 0.758 bits per heavy atom. The number of aliphatic hydroxyl groups is 1. The largest absolute Gasteiger partial charge is 0.481 e. The molecular weight excluding hydrogens is 408 g/mol. The quantitative estimate of drug-likeness (QED) is 0.438. The molecule has 0 heterocycles. The molecule has 5 rings (SSSR count). The topological polar surface area (TPSA) is 57.5 Å². The minimum atomic E-state index is -1.01. The SMILES string of the molecule is C[C@@H]1[C@H]2[C@H]3CC[C@@H]4[C@@]5(C)CCC(O)C(C)(C(=O)O)C5CC[C@@]4(C)[C@]3(C)CC[C@@]2(C)CC[C@H]1C. The molecule has 0 amide bonds. The van der Waals surface area contributed by atoms with Crippen LogP contribution in [-0.2, 0) is 4.79 Å². The van der Waals surface area contributed by atoms with Gasteiger partial charge in [-0.15, -0.1) is 0 Å². The number of carbonyl (C=O) groups is 1. The van der Waals surface area contributed by atoms with Crippen molar-refractivity contribution in [3.05, 3.63) is 0 Å². The maximum Gasteiger partial charge on any atom is 0.312 e. The zero-order valence-electron chi connectivity index (χ0n) is 22.4. The van der Waals surface area contributed by atoms with Crippen LogP contribution in [0.2, 0.25) is 0 Å². The number of hydrogen-bond acceptors (Lipinski definition) is 2. The minimum Gasteiger partial charge on any atom is -0.481 e. The summed E-state index contributed by atoms with van der Waals surface area (Å²) in [6.45, 7) is 17.2. The van der Waals surface area contributed by atoms with Crippen LogP contribution in [0.15, 0.2) is 0 Å². The molecule has 5 aliphatic carbocycles. The molecule has 3 nitrogen and oxygen atoms in total. The smallest absolute Gasteiger partial charge is 0.312 e. The highest BCUT2D eigenvalue weighted by molar-refractivity contribution is 5.76. The third-order valence-corrected chi connectivity index (χ3v) is 14.1. The van der Waals surface area contributed by atoms with Crippen LogP contribution in [0.4, 0.5) is 0 Å². The summed E-state index contributed by atoms with van der Waals surface area (Å²) in [4.78, 5) is 12.5. The number of fused-ring (bicyclic) bond motifs is 7. The van der Waals surface area contributed by atoms with Gasteiger partial charge in [-0.05, 0) is 128 Å². The molecule has 0 aromatic heterocycles. The Hall–Kier alpha value is -0.570. The third-order valence-electron chi connectivity index (χ3n) is 14.1. The van der Waals surface area contributed by atoms with Crippen LogP contribution in [0.25, 0.3) is 0 Å². The number of carboxylic acids is 1. The molecule has 5 saturated carbocycles. The molecule has 12 atom stereocenters. The highest BCUT2D eigenvalue weighted by atomic mass is 16.4. The zero-order chi connectivity index (χ0) is 24.2. The summed E-state index contributed by atoms with van der Waals surface area (Å²) in [7, 11) is 0. The lowest BCUT2D eigenvalue weighted by atomic mass is 9.31. The van der Waals surface area contributed by atoms with Crippen LogP contribution < -0.4 is 0 Å². The molecule has 33 heavy (non-hydrogen) atoms. The molecule has 0 radical (unpaired) electrons. The summed E-state index contributed by atoms with van der Waals surface area (Å²) in [5, 5.41) is 21.2.